The van der Waals surface area contributed by atoms with Crippen molar-refractivity contribution in [2.75, 3.05) is 0 Å². The van der Waals surface area contributed by atoms with Gasteiger partial charge in [-0.1, -0.05) is 17.3 Å². The zero-order valence-electron chi connectivity index (χ0n) is 11.1. The van der Waals surface area contributed by atoms with Crippen molar-refractivity contribution >= 4 is 15.8 Å². The molecule has 0 aliphatic carbocycles. The van der Waals surface area contributed by atoms with Crippen LogP contribution in [0.4, 0.5) is 5.69 Å². The second kappa shape index (κ2) is 4.94. The molecule has 1 aromatic heterocycles. The van der Waals surface area contributed by atoms with E-state index in [4.69, 9.17) is 14.1 Å². The molecule has 0 fully saturated rings. The van der Waals surface area contributed by atoms with Crippen molar-refractivity contribution < 1.29 is 17.1 Å². The average Bonchev–Trinajstić information content (AvgIpc) is 2.69. The van der Waals surface area contributed by atoms with Crippen LogP contribution in [-0.2, 0) is 10.1 Å². The smallest absolute Gasteiger partial charge is 0.370 e. The van der Waals surface area contributed by atoms with Crippen molar-refractivity contribution in [3.8, 4) is 5.75 Å². The second-order valence-corrected chi connectivity index (χ2v) is 5.70. The van der Waals surface area contributed by atoms with Crippen LogP contribution in [0, 0.1) is 26.2 Å². The maximum atomic E-state index is 12.2. The summed E-state index contributed by atoms with van der Waals surface area (Å²) < 4.78 is 34.3. The summed E-state index contributed by atoms with van der Waals surface area (Å²) in [5.74, 6) is 0.0742. The molecular weight excluding hydrogens is 282 g/mol. The number of benzene rings is 1. The number of nitrogens with zero attached hydrogens (tertiary/aromatic N) is 3. The van der Waals surface area contributed by atoms with Crippen molar-refractivity contribution in [1.82, 2.24) is 5.16 Å². The van der Waals surface area contributed by atoms with Gasteiger partial charge >= 0.3 is 15.8 Å². The first-order valence-corrected chi connectivity index (χ1v) is 7.09. The van der Waals surface area contributed by atoms with Gasteiger partial charge in [-0.2, -0.15) is 8.42 Å². The molecule has 0 amide bonds. The molecule has 0 N–H and O–H groups in total. The van der Waals surface area contributed by atoms with Crippen LogP contribution < -0.4 is 4.18 Å². The van der Waals surface area contributed by atoms with E-state index in [1.54, 1.807) is 19.1 Å². The Kier molecular flexibility index (Phi) is 3.46. The Morgan fingerprint density at radius 3 is 2.55 bits per heavy atom. The molecule has 0 radical (unpaired) electrons. The summed E-state index contributed by atoms with van der Waals surface area (Å²) in [5.41, 5.74) is 0.847. The molecule has 0 aliphatic heterocycles. The monoisotopic (exact) mass is 294 g/mol. The largest absolute Gasteiger partial charge is 0.430 e. The number of aromatic nitrogens is 1. The van der Waals surface area contributed by atoms with Gasteiger partial charge in [-0.05, 0) is 26.8 Å². The van der Waals surface area contributed by atoms with E-state index in [1.165, 1.54) is 19.9 Å². The highest BCUT2D eigenvalue weighted by atomic mass is 32.2. The lowest BCUT2D eigenvalue weighted by Gasteiger charge is -2.04. The van der Waals surface area contributed by atoms with E-state index in [-0.39, 0.29) is 27.8 Å². The zero-order chi connectivity index (χ0) is 14.9. The normalized spacial score (nSPS) is 11.1. The van der Waals surface area contributed by atoms with Gasteiger partial charge in [-0.15, -0.1) is 0 Å². The minimum absolute atomic E-state index is 0.0582. The van der Waals surface area contributed by atoms with E-state index < -0.39 is 10.1 Å². The van der Waals surface area contributed by atoms with Crippen LogP contribution in [-0.4, -0.2) is 13.6 Å². The van der Waals surface area contributed by atoms with E-state index >= 15 is 0 Å². The van der Waals surface area contributed by atoms with E-state index in [1.807, 2.05) is 0 Å². The third-order valence-corrected chi connectivity index (χ3v) is 4.20. The Morgan fingerprint density at radius 2 is 2.00 bits per heavy atom. The van der Waals surface area contributed by atoms with Crippen LogP contribution in [0.25, 0.3) is 4.98 Å². The van der Waals surface area contributed by atoms with Gasteiger partial charge in [0.05, 0.1) is 0 Å². The minimum Gasteiger partial charge on any atom is -0.370 e. The molecule has 0 saturated heterocycles. The molecular formula is C12H12N3O4S+. The molecule has 0 spiro atoms. The van der Waals surface area contributed by atoms with Gasteiger partial charge in [0, 0.05) is 5.56 Å². The fraction of sp³-hybridized carbons (Fsp3) is 0.250. The van der Waals surface area contributed by atoms with Crippen LogP contribution >= 0.6 is 0 Å². The molecule has 0 bridgehead atoms. The predicted molar refractivity (Wildman–Crippen MR) is 69.7 cm³/mol. The quantitative estimate of drug-likeness (QED) is 0.637. The van der Waals surface area contributed by atoms with Gasteiger partial charge in [-0.25, -0.2) is 0 Å². The van der Waals surface area contributed by atoms with Crippen molar-refractivity contribution in [1.29, 1.82) is 5.39 Å². The summed E-state index contributed by atoms with van der Waals surface area (Å²) in [4.78, 5) is 2.93. The first-order valence-electron chi connectivity index (χ1n) is 5.69. The third-order valence-electron chi connectivity index (χ3n) is 2.72. The molecule has 0 aliphatic rings. The standard InChI is InChI=1S/C12H12N3O4S/c1-7-5-4-6-10(11(7)14-13)19-20(16,17)12-8(2)15-18-9(12)3/h4-6H,1-3H3/q+1. The van der Waals surface area contributed by atoms with Gasteiger partial charge in [0.1, 0.15) is 5.69 Å². The molecule has 104 valence electrons. The Balaban J connectivity index is 2.50. The Hall–Kier alpha value is -2.40. The maximum absolute atomic E-state index is 12.2. The van der Waals surface area contributed by atoms with Crippen LogP contribution in [0.15, 0.2) is 27.6 Å². The van der Waals surface area contributed by atoms with E-state index in [0.29, 0.717) is 5.56 Å². The SMILES string of the molecule is Cc1cccc(OS(=O)(=O)c2c(C)noc2C)c1[N+]#N. The van der Waals surface area contributed by atoms with Crippen molar-refractivity contribution in [3.63, 3.8) is 0 Å². The number of aryl methyl sites for hydroxylation is 3. The minimum atomic E-state index is -4.11. The average molecular weight is 294 g/mol. The highest BCUT2D eigenvalue weighted by molar-refractivity contribution is 7.87. The predicted octanol–water partition coefficient (Wildman–Crippen LogP) is 2.85. The van der Waals surface area contributed by atoms with Crippen molar-refractivity contribution in [2.24, 2.45) is 0 Å². The zero-order valence-corrected chi connectivity index (χ0v) is 11.9. The van der Waals surface area contributed by atoms with E-state index in [9.17, 15) is 8.42 Å². The number of rotatable bonds is 3. The fourth-order valence-corrected chi connectivity index (χ4v) is 3.06. The molecule has 0 saturated carbocycles. The molecule has 7 nitrogen and oxygen atoms in total. The third kappa shape index (κ3) is 2.35. The second-order valence-electron chi connectivity index (χ2n) is 4.21. The maximum Gasteiger partial charge on any atom is 0.430 e. The molecule has 20 heavy (non-hydrogen) atoms. The Labute approximate surface area is 115 Å². The lowest BCUT2D eigenvalue weighted by molar-refractivity contribution is 0.390. The number of hydrogen-bond acceptors (Lipinski definition) is 6. The van der Waals surface area contributed by atoms with Gasteiger partial charge in [-0.3, -0.25) is 0 Å². The highest BCUT2D eigenvalue weighted by Crippen LogP contribution is 2.34. The molecule has 2 aromatic rings. The highest BCUT2D eigenvalue weighted by Gasteiger charge is 2.30. The van der Waals surface area contributed by atoms with E-state index in [2.05, 4.69) is 10.1 Å². The van der Waals surface area contributed by atoms with Gasteiger partial charge in [0.25, 0.3) is 0 Å². The molecule has 1 aromatic carbocycles. The van der Waals surface area contributed by atoms with E-state index in [0.717, 1.165) is 0 Å². The van der Waals surface area contributed by atoms with Gasteiger partial charge < -0.3 is 8.71 Å². The van der Waals surface area contributed by atoms with Crippen LogP contribution in [0.1, 0.15) is 17.0 Å². The number of hydrogen-bond donors (Lipinski definition) is 0. The molecule has 2 rings (SSSR count). The molecule has 1 heterocycles. The van der Waals surface area contributed by atoms with Crippen LogP contribution in [0.5, 0.6) is 5.75 Å². The molecule has 0 atom stereocenters. The van der Waals surface area contributed by atoms with Gasteiger partial charge in [0.2, 0.25) is 11.1 Å². The Morgan fingerprint density at radius 1 is 1.30 bits per heavy atom. The number of diazo groups is 1. The summed E-state index contributed by atoms with van der Waals surface area (Å²) in [7, 11) is -4.11. The van der Waals surface area contributed by atoms with Crippen LogP contribution in [0.2, 0.25) is 0 Å². The van der Waals surface area contributed by atoms with Gasteiger partial charge in [0.15, 0.2) is 15.6 Å². The van der Waals surface area contributed by atoms with Crippen LogP contribution in [0.3, 0.4) is 0 Å². The first kappa shape index (κ1) is 14.0. The van der Waals surface area contributed by atoms with Crippen molar-refractivity contribution in [2.45, 2.75) is 25.7 Å². The summed E-state index contributed by atoms with van der Waals surface area (Å²) in [5, 5.41) is 12.5. The molecule has 8 heteroatoms. The summed E-state index contributed by atoms with van der Waals surface area (Å²) in [6.07, 6.45) is 0. The lowest BCUT2D eigenvalue weighted by Crippen LogP contribution is -2.11. The topological polar surface area (TPSA) is 97.6 Å². The van der Waals surface area contributed by atoms with Crippen molar-refractivity contribution in [3.05, 3.63) is 40.2 Å². The summed E-state index contributed by atoms with van der Waals surface area (Å²) in [6.45, 7) is 4.65. The lowest BCUT2D eigenvalue weighted by atomic mass is 10.2. The fourth-order valence-electron chi connectivity index (χ4n) is 1.82. The summed E-state index contributed by atoms with van der Waals surface area (Å²) in [6, 6.07) is 4.67. The Bertz CT molecular complexity index is 783. The summed E-state index contributed by atoms with van der Waals surface area (Å²) >= 11 is 0. The first-order chi connectivity index (χ1) is 9.36. The molecule has 0 unspecified atom stereocenters.